The maximum atomic E-state index is 14.0. The molecule has 13 heteroatoms. The van der Waals surface area contributed by atoms with Crippen LogP contribution in [-0.2, 0) is 19.2 Å². The molecule has 2 aliphatic heterocycles. The largest absolute Gasteiger partial charge is 0.508 e. The van der Waals surface area contributed by atoms with E-state index in [1.165, 1.54) is 38.4 Å². The van der Waals surface area contributed by atoms with Crippen molar-refractivity contribution < 1.29 is 44.0 Å². The summed E-state index contributed by atoms with van der Waals surface area (Å²) >= 11 is 14.3. The van der Waals surface area contributed by atoms with E-state index in [9.17, 15) is 39.3 Å². The Morgan fingerprint density at radius 1 is 1.00 bits per heavy atom. The fourth-order valence-corrected chi connectivity index (χ4v) is 8.13. The summed E-state index contributed by atoms with van der Waals surface area (Å²) in [6.45, 7) is 0. The molecule has 0 bridgehead atoms. The number of ether oxygens (including phenoxy) is 1. The van der Waals surface area contributed by atoms with E-state index in [4.69, 9.17) is 27.9 Å². The van der Waals surface area contributed by atoms with Crippen LogP contribution in [0.4, 0.5) is 5.69 Å². The summed E-state index contributed by atoms with van der Waals surface area (Å²) in [6, 6.07) is 7.64. The third-order valence-electron chi connectivity index (χ3n) is 9.01. The Labute approximate surface area is 248 Å². The highest BCUT2D eigenvalue weighted by Gasteiger charge is 2.76. The van der Waals surface area contributed by atoms with Crippen molar-refractivity contribution in [3.8, 4) is 17.2 Å². The molecule has 42 heavy (non-hydrogen) atoms. The first-order valence-corrected chi connectivity index (χ1v) is 13.7. The number of allylic oxidation sites excluding steroid dienone is 2. The van der Waals surface area contributed by atoms with Gasteiger partial charge in [0.1, 0.15) is 22.8 Å². The van der Waals surface area contributed by atoms with Gasteiger partial charge in [-0.25, -0.2) is 9.69 Å². The highest BCUT2D eigenvalue weighted by atomic mass is 35.5. The Morgan fingerprint density at radius 3 is 2.36 bits per heavy atom. The third-order valence-corrected chi connectivity index (χ3v) is 10.4. The summed E-state index contributed by atoms with van der Waals surface area (Å²) in [7, 11) is 2.65. The number of rotatable bonds is 4. The van der Waals surface area contributed by atoms with Gasteiger partial charge in [-0.1, -0.05) is 17.7 Å². The lowest BCUT2D eigenvalue weighted by molar-refractivity contribution is -0.138. The van der Waals surface area contributed by atoms with E-state index in [0.717, 1.165) is 21.9 Å². The number of alkyl halides is 2. The van der Waals surface area contributed by atoms with E-state index in [2.05, 4.69) is 0 Å². The fraction of sp³-hybridized carbons (Fsp3) is 0.345. The number of carbonyl (C=O) groups is 5. The predicted molar refractivity (Wildman–Crippen MR) is 148 cm³/mol. The topological polar surface area (TPSA) is 162 Å². The summed E-state index contributed by atoms with van der Waals surface area (Å²) in [4.78, 5) is 64.0. The van der Waals surface area contributed by atoms with Crippen LogP contribution >= 0.6 is 23.2 Å². The number of hydrogen-bond acceptors (Lipinski definition) is 8. The van der Waals surface area contributed by atoms with E-state index in [-0.39, 0.29) is 30.0 Å². The van der Waals surface area contributed by atoms with Crippen molar-refractivity contribution in [3.05, 3.63) is 59.2 Å². The molecule has 3 fully saturated rings. The zero-order chi connectivity index (χ0) is 30.5. The molecule has 4 amide bonds. The molecule has 6 rings (SSSR count). The minimum Gasteiger partial charge on any atom is -0.508 e. The number of imide groups is 2. The minimum atomic E-state index is -2.01. The number of benzene rings is 2. The maximum Gasteiger partial charge on any atom is 0.339 e. The first-order chi connectivity index (χ1) is 19.8. The monoisotopic (exact) mass is 614 g/mol. The van der Waals surface area contributed by atoms with Crippen LogP contribution in [0.15, 0.2) is 48.0 Å². The number of amides is 4. The van der Waals surface area contributed by atoms with Crippen LogP contribution in [-0.4, -0.2) is 73.7 Å². The summed E-state index contributed by atoms with van der Waals surface area (Å²) in [5.41, 5.74) is 0.502. The van der Waals surface area contributed by atoms with Gasteiger partial charge in [0.25, 0.3) is 11.8 Å². The van der Waals surface area contributed by atoms with Gasteiger partial charge in [0, 0.05) is 30.7 Å². The normalized spacial score (nSPS) is 32.0. The molecular formula is C29H24Cl2N2O9. The van der Waals surface area contributed by atoms with Gasteiger partial charge in [0.2, 0.25) is 11.8 Å². The van der Waals surface area contributed by atoms with Crippen LogP contribution < -0.4 is 9.64 Å². The fourth-order valence-electron chi connectivity index (χ4n) is 7.12. The van der Waals surface area contributed by atoms with Crippen LogP contribution in [0, 0.1) is 17.8 Å². The number of fused-ring (bicyclic) bond motifs is 4. The number of halogens is 2. The lowest BCUT2D eigenvalue weighted by Gasteiger charge is -2.51. The second kappa shape index (κ2) is 9.20. The van der Waals surface area contributed by atoms with Gasteiger partial charge >= 0.3 is 5.97 Å². The third kappa shape index (κ3) is 3.43. The molecule has 4 aliphatic rings. The van der Waals surface area contributed by atoms with Crippen molar-refractivity contribution in [1.29, 1.82) is 0 Å². The Bertz CT molecular complexity index is 1660. The molecule has 1 saturated carbocycles. The quantitative estimate of drug-likeness (QED) is 0.267. The van der Waals surface area contributed by atoms with Gasteiger partial charge in [-0.3, -0.25) is 24.1 Å². The lowest BCUT2D eigenvalue weighted by atomic mass is 9.56. The number of carbonyl (C=O) groups excluding carboxylic acids is 4. The molecule has 2 aliphatic carbocycles. The van der Waals surface area contributed by atoms with E-state index in [1.807, 2.05) is 0 Å². The number of phenols is 2. The molecule has 11 nitrogen and oxygen atoms in total. The standard InChI is InChI=1S/C29H24Cl2N2O9/c1-32-26(40)28(30)11-18-14(22(29(28,31)27(32)41)16-6-4-13(34)10-20(16)42-2)7-8-17-21(18)24(37)33(23(17)36)12-3-5-15(25(38)39)19(35)9-12/h3-7,9-10,17-18,21-22,34-35H,8,11H2,1-2H3,(H,38,39)/t17-,18+,21-,22+,28+,29-/m0/s1. The second-order valence-electron chi connectivity index (χ2n) is 10.9. The van der Waals surface area contributed by atoms with Gasteiger partial charge in [0.05, 0.1) is 24.6 Å². The summed E-state index contributed by atoms with van der Waals surface area (Å²) < 4.78 is 5.52. The van der Waals surface area contributed by atoms with E-state index < -0.39 is 74.3 Å². The van der Waals surface area contributed by atoms with Crippen molar-refractivity contribution >= 4 is 58.5 Å². The average molecular weight is 615 g/mol. The first-order valence-electron chi connectivity index (χ1n) is 13.0. The Hall–Kier alpha value is -4.09. The number of methoxy groups -OCH3 is 1. The molecule has 2 aromatic rings. The van der Waals surface area contributed by atoms with Crippen molar-refractivity contribution in [1.82, 2.24) is 4.90 Å². The molecule has 6 atom stereocenters. The molecule has 0 spiro atoms. The number of hydrogen-bond donors (Lipinski definition) is 3. The highest BCUT2D eigenvalue weighted by Crippen LogP contribution is 2.66. The van der Waals surface area contributed by atoms with E-state index >= 15 is 0 Å². The molecule has 0 unspecified atom stereocenters. The Kier molecular flexibility index (Phi) is 6.15. The van der Waals surface area contributed by atoms with Crippen molar-refractivity contribution in [3.63, 3.8) is 0 Å². The van der Waals surface area contributed by atoms with Crippen molar-refractivity contribution in [2.75, 3.05) is 19.1 Å². The maximum absolute atomic E-state index is 14.0. The molecule has 2 aromatic carbocycles. The van der Waals surface area contributed by atoms with E-state index in [1.54, 1.807) is 6.08 Å². The number of carboxylic acid groups (broad SMARTS) is 1. The molecule has 2 heterocycles. The van der Waals surface area contributed by atoms with Crippen LogP contribution in [0.2, 0.25) is 0 Å². The summed E-state index contributed by atoms with van der Waals surface area (Å²) in [6.07, 6.45) is 1.64. The summed E-state index contributed by atoms with van der Waals surface area (Å²) in [5, 5.41) is 29.6. The zero-order valence-corrected chi connectivity index (χ0v) is 23.7. The van der Waals surface area contributed by atoms with Crippen molar-refractivity contribution in [2.45, 2.75) is 28.5 Å². The van der Waals surface area contributed by atoms with E-state index in [0.29, 0.717) is 11.1 Å². The number of carboxylic acids is 1. The molecule has 0 aromatic heterocycles. The Balaban J connectivity index is 1.50. The number of anilines is 1. The smallest absolute Gasteiger partial charge is 0.339 e. The van der Waals surface area contributed by atoms with Gasteiger partial charge in [-0.15, -0.1) is 23.2 Å². The van der Waals surface area contributed by atoms with Crippen LogP contribution in [0.3, 0.4) is 0 Å². The predicted octanol–water partition coefficient (Wildman–Crippen LogP) is 3.00. The van der Waals surface area contributed by atoms with Crippen molar-refractivity contribution in [2.24, 2.45) is 17.8 Å². The molecule has 0 radical (unpaired) electrons. The molecule has 218 valence electrons. The SMILES string of the molecule is COc1cc(O)ccc1[C@H]1C2=CC[C@@H]3C(=O)N(c4ccc(C(=O)O)c(O)c4)C(=O)[C@@H]3[C@@H]2C[C@@]2(Cl)C(=O)N(C)C(=O)[C@@]12Cl. The zero-order valence-electron chi connectivity index (χ0n) is 22.2. The lowest BCUT2D eigenvalue weighted by Crippen LogP contribution is -2.60. The highest BCUT2D eigenvalue weighted by molar-refractivity contribution is 6.53. The van der Waals surface area contributed by atoms with Gasteiger partial charge in [-0.2, -0.15) is 0 Å². The molecular weight excluding hydrogens is 591 g/mol. The van der Waals surface area contributed by atoms with Crippen LogP contribution in [0.25, 0.3) is 0 Å². The Morgan fingerprint density at radius 2 is 1.71 bits per heavy atom. The minimum absolute atomic E-state index is 0.00450. The molecule has 2 saturated heterocycles. The number of aromatic hydroxyl groups is 2. The van der Waals surface area contributed by atoms with Gasteiger partial charge in [-0.05, 0) is 37.0 Å². The van der Waals surface area contributed by atoms with Gasteiger partial charge < -0.3 is 20.1 Å². The number of phenolic OH excluding ortho intramolecular Hbond substituents is 1. The molecule has 3 N–H and O–H groups in total. The van der Waals surface area contributed by atoms with Gasteiger partial charge in [0.15, 0.2) is 9.75 Å². The van der Waals surface area contributed by atoms with Crippen LogP contribution in [0.1, 0.15) is 34.7 Å². The number of aromatic carboxylic acids is 1. The average Bonchev–Trinajstić information content (AvgIpc) is 3.28. The summed E-state index contributed by atoms with van der Waals surface area (Å²) in [5.74, 6) is -8.27. The first kappa shape index (κ1) is 28.0. The number of likely N-dealkylation sites (tertiary alicyclic amines) is 1. The second-order valence-corrected chi connectivity index (χ2v) is 12.2. The van der Waals surface area contributed by atoms with Crippen LogP contribution in [0.5, 0.6) is 17.2 Å². The number of nitrogens with zero attached hydrogens (tertiary/aromatic N) is 2.